The lowest BCUT2D eigenvalue weighted by Crippen LogP contribution is -2.39. The van der Waals surface area contributed by atoms with E-state index >= 15 is 0 Å². The number of ether oxygens (including phenoxy) is 2. The fourth-order valence-electron chi connectivity index (χ4n) is 4.39. The molecule has 2 fully saturated rings. The number of nitrogen functional groups attached to an aromatic ring is 1. The molecule has 5 nitrogen and oxygen atoms in total. The van der Waals surface area contributed by atoms with Gasteiger partial charge in [-0.25, -0.2) is 0 Å². The highest BCUT2D eigenvalue weighted by molar-refractivity contribution is 5.87. The number of aromatic nitrogens is 1. The molecule has 2 aliphatic rings. The molecule has 25 heavy (non-hydrogen) atoms. The number of methoxy groups -OCH3 is 2. The lowest BCUT2D eigenvalue weighted by molar-refractivity contribution is -0.141. The second kappa shape index (κ2) is 6.89. The van der Waals surface area contributed by atoms with Gasteiger partial charge in [0.2, 0.25) is 0 Å². The van der Waals surface area contributed by atoms with Gasteiger partial charge in [0, 0.05) is 50.3 Å². The van der Waals surface area contributed by atoms with Crippen molar-refractivity contribution in [3.63, 3.8) is 0 Å². The van der Waals surface area contributed by atoms with Gasteiger partial charge < -0.3 is 24.7 Å². The molecule has 0 amide bonds. The first kappa shape index (κ1) is 16.7. The summed E-state index contributed by atoms with van der Waals surface area (Å²) in [7, 11) is 3.46. The van der Waals surface area contributed by atoms with Gasteiger partial charge in [-0.05, 0) is 50.3 Å². The second-order valence-electron chi connectivity index (χ2n) is 7.43. The molecule has 1 saturated carbocycles. The molecule has 1 aromatic carbocycles. The average Bonchev–Trinajstić information content (AvgIpc) is 2.91. The van der Waals surface area contributed by atoms with E-state index in [9.17, 15) is 0 Å². The van der Waals surface area contributed by atoms with Crippen LogP contribution in [0.4, 0.5) is 11.5 Å². The van der Waals surface area contributed by atoms with Gasteiger partial charge >= 0.3 is 0 Å². The maximum absolute atomic E-state index is 6.30. The molecule has 2 aromatic rings. The van der Waals surface area contributed by atoms with Crippen molar-refractivity contribution < 1.29 is 9.47 Å². The van der Waals surface area contributed by atoms with Gasteiger partial charge in [-0.1, -0.05) is 6.07 Å². The molecule has 1 aliphatic heterocycles. The number of nitrogens with two attached hydrogens (primary N) is 1. The van der Waals surface area contributed by atoms with Crippen molar-refractivity contribution in [3.05, 3.63) is 24.3 Å². The number of hydrogen-bond acceptors (Lipinski definition) is 4. The fourth-order valence-corrected chi connectivity index (χ4v) is 4.39. The van der Waals surface area contributed by atoms with Gasteiger partial charge in [0.15, 0.2) is 6.29 Å². The highest BCUT2D eigenvalue weighted by Crippen LogP contribution is 2.39. The van der Waals surface area contributed by atoms with Gasteiger partial charge in [-0.15, -0.1) is 0 Å². The largest absolute Gasteiger partial charge is 0.385 e. The highest BCUT2D eigenvalue weighted by Gasteiger charge is 2.27. The molecule has 0 spiro atoms. The predicted octanol–water partition coefficient (Wildman–Crippen LogP) is 3.78. The van der Waals surface area contributed by atoms with Crippen LogP contribution in [0, 0.1) is 5.92 Å². The fraction of sp³-hybridized carbons (Fsp3) is 0.600. The lowest BCUT2D eigenvalue weighted by atomic mass is 9.92. The Bertz CT molecular complexity index is 726. The SMILES string of the molecule is COC(OC)C1CCN(c2ccc3cc(N)n(C4CCC4)c3c2)CC1. The topological polar surface area (TPSA) is 52.6 Å². The molecule has 0 atom stereocenters. The Morgan fingerprint density at radius 3 is 2.36 bits per heavy atom. The summed E-state index contributed by atoms with van der Waals surface area (Å²) in [4.78, 5) is 2.48. The molecule has 1 aliphatic carbocycles. The Balaban J connectivity index is 1.54. The molecular weight excluding hydrogens is 314 g/mol. The van der Waals surface area contributed by atoms with E-state index in [2.05, 4.69) is 33.7 Å². The Hall–Kier alpha value is -1.72. The standard InChI is InChI=1S/C20H29N3O2/c1-24-20(25-2)14-8-10-22(11-9-14)17-7-6-15-12-19(21)23(18(15)13-17)16-4-3-5-16/h6-7,12-14,16,20H,3-5,8-11,21H2,1-2H3. The zero-order valence-electron chi connectivity index (χ0n) is 15.3. The van der Waals surface area contributed by atoms with Crippen LogP contribution < -0.4 is 10.6 Å². The number of rotatable bonds is 5. The van der Waals surface area contributed by atoms with Crippen molar-refractivity contribution in [1.29, 1.82) is 0 Å². The summed E-state index contributed by atoms with van der Waals surface area (Å²) in [6.45, 7) is 2.08. The number of anilines is 2. The zero-order valence-corrected chi connectivity index (χ0v) is 15.3. The van der Waals surface area contributed by atoms with Crippen LogP contribution in [0.15, 0.2) is 24.3 Å². The number of piperidine rings is 1. The van der Waals surface area contributed by atoms with Crippen LogP contribution in [0.1, 0.15) is 38.1 Å². The first-order valence-corrected chi connectivity index (χ1v) is 9.42. The Labute approximate surface area is 149 Å². The third-order valence-electron chi connectivity index (χ3n) is 6.05. The van der Waals surface area contributed by atoms with Gasteiger partial charge in [-0.3, -0.25) is 0 Å². The second-order valence-corrected chi connectivity index (χ2v) is 7.43. The molecule has 1 saturated heterocycles. The van der Waals surface area contributed by atoms with Gasteiger partial charge in [-0.2, -0.15) is 0 Å². The maximum atomic E-state index is 6.30. The average molecular weight is 343 g/mol. The molecule has 2 heterocycles. The minimum atomic E-state index is -0.0831. The normalized spacial score (nSPS) is 19.7. The van der Waals surface area contributed by atoms with Crippen LogP contribution in [0.25, 0.3) is 10.9 Å². The lowest BCUT2D eigenvalue weighted by Gasteiger charge is -2.36. The predicted molar refractivity (Wildman–Crippen MR) is 102 cm³/mol. The van der Waals surface area contributed by atoms with Crippen LogP contribution in [0.5, 0.6) is 0 Å². The number of nitrogens with zero attached hydrogens (tertiary/aromatic N) is 2. The molecule has 4 rings (SSSR count). The molecule has 0 radical (unpaired) electrons. The smallest absolute Gasteiger partial charge is 0.159 e. The third kappa shape index (κ3) is 3.00. The van der Waals surface area contributed by atoms with E-state index < -0.39 is 0 Å². The number of hydrogen-bond donors (Lipinski definition) is 1. The molecule has 5 heteroatoms. The Kier molecular flexibility index (Phi) is 4.61. The van der Waals surface area contributed by atoms with Gasteiger partial charge in [0.25, 0.3) is 0 Å². The van der Waals surface area contributed by atoms with E-state index in [1.165, 1.54) is 35.9 Å². The summed E-state index contributed by atoms with van der Waals surface area (Å²) in [6.07, 6.45) is 5.92. The summed E-state index contributed by atoms with van der Waals surface area (Å²) in [6, 6.07) is 9.48. The van der Waals surface area contributed by atoms with Crippen LogP contribution in [0.2, 0.25) is 0 Å². The quantitative estimate of drug-likeness (QED) is 0.840. The molecule has 2 N–H and O–H groups in total. The van der Waals surface area contributed by atoms with Crippen molar-refractivity contribution in [2.75, 3.05) is 37.9 Å². The number of fused-ring (bicyclic) bond motifs is 1. The van der Waals surface area contributed by atoms with Crippen molar-refractivity contribution in [2.45, 2.75) is 44.4 Å². The monoisotopic (exact) mass is 343 g/mol. The molecule has 1 aromatic heterocycles. The minimum absolute atomic E-state index is 0.0831. The maximum Gasteiger partial charge on any atom is 0.159 e. The zero-order chi connectivity index (χ0) is 17.4. The van der Waals surface area contributed by atoms with Crippen molar-refractivity contribution in [2.24, 2.45) is 5.92 Å². The highest BCUT2D eigenvalue weighted by atomic mass is 16.7. The summed E-state index contributed by atoms with van der Waals surface area (Å²) < 4.78 is 13.2. The van der Waals surface area contributed by atoms with Crippen molar-refractivity contribution in [3.8, 4) is 0 Å². The van der Waals surface area contributed by atoms with E-state index in [4.69, 9.17) is 15.2 Å². The van der Waals surface area contributed by atoms with Crippen LogP contribution >= 0.6 is 0 Å². The van der Waals surface area contributed by atoms with E-state index in [0.717, 1.165) is 31.7 Å². The Morgan fingerprint density at radius 2 is 1.76 bits per heavy atom. The van der Waals surface area contributed by atoms with Crippen molar-refractivity contribution in [1.82, 2.24) is 4.57 Å². The van der Waals surface area contributed by atoms with Gasteiger partial charge in [0.05, 0.1) is 5.52 Å². The summed E-state index contributed by atoms with van der Waals surface area (Å²) in [5.41, 5.74) is 8.88. The summed E-state index contributed by atoms with van der Waals surface area (Å²) in [5.74, 6) is 1.38. The van der Waals surface area contributed by atoms with Crippen LogP contribution in [0.3, 0.4) is 0 Å². The van der Waals surface area contributed by atoms with Crippen LogP contribution in [-0.4, -0.2) is 38.2 Å². The molecule has 0 bridgehead atoms. The molecule has 0 unspecified atom stereocenters. The van der Waals surface area contributed by atoms with Crippen molar-refractivity contribution >= 4 is 22.4 Å². The van der Waals surface area contributed by atoms with Crippen LogP contribution in [-0.2, 0) is 9.47 Å². The number of benzene rings is 1. The van der Waals surface area contributed by atoms with E-state index in [1.807, 2.05) is 0 Å². The first-order chi connectivity index (χ1) is 12.2. The van der Waals surface area contributed by atoms with E-state index in [0.29, 0.717) is 12.0 Å². The van der Waals surface area contributed by atoms with Gasteiger partial charge in [0.1, 0.15) is 5.82 Å². The summed E-state index contributed by atoms with van der Waals surface area (Å²) in [5, 5.41) is 1.25. The third-order valence-corrected chi connectivity index (χ3v) is 6.05. The first-order valence-electron chi connectivity index (χ1n) is 9.42. The molecular formula is C20H29N3O2. The summed E-state index contributed by atoms with van der Waals surface area (Å²) >= 11 is 0. The Morgan fingerprint density at radius 1 is 1.04 bits per heavy atom. The van der Waals surface area contributed by atoms with E-state index in [1.54, 1.807) is 14.2 Å². The minimum Gasteiger partial charge on any atom is -0.385 e. The van der Waals surface area contributed by atoms with E-state index in [-0.39, 0.29) is 6.29 Å². The molecule has 136 valence electrons.